The summed E-state index contributed by atoms with van der Waals surface area (Å²) in [5, 5.41) is 11.1. The minimum absolute atomic E-state index is 0.0647. The standard InChI is InChI=1S/C23H26FN3O3S/c1-15(2)12-17-4-6-18(7-5-17)16(3)25-21(28)14-31-23-27-26-22(30-23)13-29-20-10-8-19(24)9-11-20/h4-11,15-16H,12-14H2,1-3H3,(H,25,28). The van der Waals surface area contributed by atoms with Crippen LogP contribution in [-0.4, -0.2) is 21.9 Å². The number of ether oxygens (including phenoxy) is 1. The zero-order valence-corrected chi connectivity index (χ0v) is 18.6. The molecule has 1 amide bonds. The number of thioether (sulfide) groups is 1. The molecule has 2 aromatic carbocycles. The van der Waals surface area contributed by atoms with Crippen LogP contribution in [0, 0.1) is 11.7 Å². The van der Waals surface area contributed by atoms with Crippen molar-refractivity contribution in [3.63, 3.8) is 0 Å². The molecule has 3 rings (SSSR count). The number of nitrogens with zero attached hydrogens (tertiary/aromatic N) is 2. The van der Waals surface area contributed by atoms with Gasteiger partial charge in [-0.3, -0.25) is 4.79 Å². The second-order valence-corrected chi connectivity index (χ2v) is 8.55. The molecule has 0 bridgehead atoms. The van der Waals surface area contributed by atoms with E-state index in [2.05, 4.69) is 53.6 Å². The van der Waals surface area contributed by atoms with Crippen molar-refractivity contribution in [1.29, 1.82) is 0 Å². The van der Waals surface area contributed by atoms with E-state index in [1.807, 2.05) is 6.92 Å². The molecule has 8 heteroatoms. The quantitative estimate of drug-likeness (QED) is 0.447. The normalized spacial score (nSPS) is 12.0. The maximum atomic E-state index is 12.9. The van der Waals surface area contributed by atoms with Crippen LogP contribution in [0.3, 0.4) is 0 Å². The number of benzene rings is 2. The van der Waals surface area contributed by atoms with Gasteiger partial charge in [-0.25, -0.2) is 4.39 Å². The first kappa shape index (κ1) is 22.8. The van der Waals surface area contributed by atoms with Crippen LogP contribution in [0.2, 0.25) is 0 Å². The summed E-state index contributed by atoms with van der Waals surface area (Å²) in [7, 11) is 0. The topological polar surface area (TPSA) is 77.2 Å². The molecule has 0 aliphatic carbocycles. The fourth-order valence-corrected chi connectivity index (χ4v) is 3.53. The molecule has 0 spiro atoms. The summed E-state index contributed by atoms with van der Waals surface area (Å²) < 4.78 is 23.8. The van der Waals surface area contributed by atoms with Crippen molar-refractivity contribution >= 4 is 17.7 Å². The third-order valence-electron chi connectivity index (χ3n) is 4.45. The van der Waals surface area contributed by atoms with E-state index in [-0.39, 0.29) is 36.0 Å². The molecular formula is C23H26FN3O3S. The van der Waals surface area contributed by atoms with Gasteiger partial charge in [0.05, 0.1) is 11.8 Å². The number of rotatable bonds is 10. The zero-order chi connectivity index (χ0) is 22.2. The Kier molecular flexibility index (Phi) is 8.06. The van der Waals surface area contributed by atoms with Crippen LogP contribution >= 0.6 is 11.8 Å². The molecule has 0 fully saturated rings. The zero-order valence-electron chi connectivity index (χ0n) is 17.8. The van der Waals surface area contributed by atoms with Gasteiger partial charge in [0.1, 0.15) is 11.6 Å². The number of amides is 1. The maximum absolute atomic E-state index is 12.9. The van der Waals surface area contributed by atoms with E-state index >= 15 is 0 Å². The summed E-state index contributed by atoms with van der Waals surface area (Å²) in [6.07, 6.45) is 1.04. The van der Waals surface area contributed by atoms with Crippen LogP contribution in [-0.2, 0) is 17.8 Å². The highest BCUT2D eigenvalue weighted by atomic mass is 32.2. The Morgan fingerprint density at radius 3 is 2.48 bits per heavy atom. The van der Waals surface area contributed by atoms with Crippen LogP contribution in [0.15, 0.2) is 58.2 Å². The van der Waals surface area contributed by atoms with Crippen molar-refractivity contribution in [2.75, 3.05) is 5.75 Å². The predicted molar refractivity (Wildman–Crippen MR) is 117 cm³/mol. The van der Waals surface area contributed by atoms with E-state index < -0.39 is 0 Å². The summed E-state index contributed by atoms with van der Waals surface area (Å²) in [5.74, 6) is 1.10. The number of halogens is 1. The van der Waals surface area contributed by atoms with Crippen molar-refractivity contribution in [3.05, 3.63) is 71.4 Å². The highest BCUT2D eigenvalue weighted by molar-refractivity contribution is 7.99. The van der Waals surface area contributed by atoms with Crippen LogP contribution in [0.4, 0.5) is 4.39 Å². The van der Waals surface area contributed by atoms with Crippen molar-refractivity contribution in [1.82, 2.24) is 15.5 Å². The van der Waals surface area contributed by atoms with Gasteiger partial charge in [0.15, 0.2) is 6.61 Å². The fourth-order valence-electron chi connectivity index (χ4n) is 2.94. The van der Waals surface area contributed by atoms with Crippen molar-refractivity contribution in [3.8, 4) is 5.75 Å². The third-order valence-corrected chi connectivity index (χ3v) is 5.27. The maximum Gasteiger partial charge on any atom is 0.277 e. The highest BCUT2D eigenvalue weighted by Gasteiger charge is 2.13. The van der Waals surface area contributed by atoms with E-state index in [1.54, 1.807) is 0 Å². The Balaban J connectivity index is 1.42. The molecule has 1 atom stereocenters. The van der Waals surface area contributed by atoms with Gasteiger partial charge >= 0.3 is 0 Å². The lowest BCUT2D eigenvalue weighted by atomic mass is 10.00. The molecule has 31 heavy (non-hydrogen) atoms. The van der Waals surface area contributed by atoms with Crippen molar-refractivity contribution in [2.45, 2.75) is 45.1 Å². The van der Waals surface area contributed by atoms with Gasteiger partial charge in [0, 0.05) is 0 Å². The minimum Gasteiger partial charge on any atom is -0.484 e. The van der Waals surface area contributed by atoms with Crippen molar-refractivity contribution in [2.24, 2.45) is 5.92 Å². The number of nitrogens with one attached hydrogen (secondary N) is 1. The monoisotopic (exact) mass is 443 g/mol. The second-order valence-electron chi connectivity index (χ2n) is 7.62. The van der Waals surface area contributed by atoms with Gasteiger partial charge in [-0.1, -0.05) is 49.9 Å². The molecule has 1 unspecified atom stereocenters. The van der Waals surface area contributed by atoms with Crippen LogP contribution in [0.5, 0.6) is 5.75 Å². The molecule has 1 aromatic heterocycles. The second kappa shape index (κ2) is 10.9. The van der Waals surface area contributed by atoms with Gasteiger partial charge in [0.25, 0.3) is 11.1 Å². The average Bonchev–Trinajstić information content (AvgIpc) is 3.20. The van der Waals surface area contributed by atoms with E-state index in [9.17, 15) is 9.18 Å². The lowest BCUT2D eigenvalue weighted by molar-refractivity contribution is -0.119. The molecule has 164 valence electrons. The Morgan fingerprint density at radius 1 is 1.10 bits per heavy atom. The lowest BCUT2D eigenvalue weighted by Gasteiger charge is -2.15. The molecule has 0 aliphatic rings. The number of carbonyl (C=O) groups excluding carboxylic acids is 1. The molecule has 1 heterocycles. The summed E-state index contributed by atoms with van der Waals surface area (Å²) in [5.41, 5.74) is 2.35. The Bertz CT molecular complexity index is 974. The largest absolute Gasteiger partial charge is 0.484 e. The molecule has 0 aliphatic heterocycles. The summed E-state index contributed by atoms with van der Waals surface area (Å²) in [4.78, 5) is 12.3. The summed E-state index contributed by atoms with van der Waals surface area (Å²) >= 11 is 1.16. The van der Waals surface area contributed by atoms with Crippen molar-refractivity contribution < 1.29 is 18.3 Å². The molecular weight excluding hydrogens is 417 g/mol. The van der Waals surface area contributed by atoms with Gasteiger partial charge in [0.2, 0.25) is 5.91 Å². The van der Waals surface area contributed by atoms with Gasteiger partial charge in [-0.15, -0.1) is 10.2 Å². The van der Waals surface area contributed by atoms with E-state index in [0.29, 0.717) is 16.9 Å². The molecule has 6 nitrogen and oxygen atoms in total. The summed E-state index contributed by atoms with van der Waals surface area (Å²) in [6.45, 7) is 6.41. The van der Waals surface area contributed by atoms with E-state index in [0.717, 1.165) is 23.7 Å². The Morgan fingerprint density at radius 2 is 1.81 bits per heavy atom. The predicted octanol–water partition coefficient (Wildman–Crippen LogP) is 4.96. The first-order chi connectivity index (χ1) is 14.9. The van der Waals surface area contributed by atoms with Gasteiger partial charge < -0.3 is 14.5 Å². The number of hydrogen-bond donors (Lipinski definition) is 1. The number of carbonyl (C=O) groups is 1. The number of aromatic nitrogens is 2. The van der Waals surface area contributed by atoms with Crippen LogP contribution in [0.25, 0.3) is 0 Å². The first-order valence-electron chi connectivity index (χ1n) is 10.1. The number of hydrogen-bond acceptors (Lipinski definition) is 6. The SMILES string of the molecule is CC(C)Cc1ccc(C(C)NC(=O)CSc2nnc(COc3ccc(F)cc3)o2)cc1. The molecule has 1 N–H and O–H groups in total. The third kappa shape index (κ3) is 7.40. The minimum atomic E-state index is -0.334. The molecule has 0 saturated heterocycles. The Hall–Kier alpha value is -2.87. The molecule has 3 aromatic rings. The first-order valence-corrected chi connectivity index (χ1v) is 11.1. The molecule has 0 saturated carbocycles. The van der Waals surface area contributed by atoms with E-state index in [1.165, 1.54) is 29.8 Å². The fraction of sp³-hybridized carbons (Fsp3) is 0.348. The van der Waals surface area contributed by atoms with Crippen LogP contribution < -0.4 is 10.1 Å². The van der Waals surface area contributed by atoms with Crippen LogP contribution in [0.1, 0.15) is 43.8 Å². The van der Waals surface area contributed by atoms with Gasteiger partial charge in [-0.05, 0) is 54.7 Å². The lowest BCUT2D eigenvalue weighted by Crippen LogP contribution is -2.28. The smallest absolute Gasteiger partial charge is 0.277 e. The Labute approximate surface area is 185 Å². The summed E-state index contributed by atoms with van der Waals surface area (Å²) in [6, 6.07) is 13.9. The highest BCUT2D eigenvalue weighted by Crippen LogP contribution is 2.19. The van der Waals surface area contributed by atoms with Gasteiger partial charge in [-0.2, -0.15) is 0 Å². The van der Waals surface area contributed by atoms with E-state index in [4.69, 9.17) is 9.15 Å². The molecule has 0 radical (unpaired) electrons. The average molecular weight is 444 g/mol.